The number of hydrogen-bond acceptors (Lipinski definition) is 3. The molecule has 0 aliphatic heterocycles. The van der Waals surface area contributed by atoms with E-state index >= 15 is 0 Å². The Hall–Kier alpha value is -9.97. The summed E-state index contributed by atoms with van der Waals surface area (Å²) in [6, 6.07) is 97.2. The normalized spacial score (nSPS) is 11.5. The quantitative estimate of drug-likeness (QED) is 0.145. The van der Waals surface area contributed by atoms with Crippen LogP contribution in [0.5, 0.6) is 0 Å². The molecule has 0 bridgehead atoms. The lowest BCUT2D eigenvalue weighted by molar-refractivity contribution is 1.06. The molecule has 0 saturated heterocycles. The number of para-hydroxylation sites is 2. The first-order valence-electron chi connectivity index (χ1n) is 25.1. The second-order valence-electron chi connectivity index (χ2n) is 18.7. The minimum absolute atomic E-state index is 0.587. The maximum Gasteiger partial charge on any atom is 0.166 e. The van der Waals surface area contributed by atoms with E-state index in [9.17, 15) is 0 Å². The summed E-state index contributed by atoms with van der Waals surface area (Å²) in [5, 5.41) is 4.74. The molecule has 0 saturated carbocycles. The van der Waals surface area contributed by atoms with Crippen molar-refractivity contribution in [1.29, 1.82) is 0 Å². The summed E-state index contributed by atoms with van der Waals surface area (Å²) in [6.45, 7) is 0. The van der Waals surface area contributed by atoms with Crippen molar-refractivity contribution < 1.29 is 0 Å². The van der Waals surface area contributed by atoms with Crippen LogP contribution in [-0.4, -0.2) is 24.1 Å². The Balaban J connectivity index is 1.03. The molecule has 0 N–H and O–H groups in total. The molecule has 0 unspecified atom stereocenters. The van der Waals surface area contributed by atoms with Crippen molar-refractivity contribution in [3.63, 3.8) is 0 Å². The molecular weight excluding hydrogens is 899 g/mol. The molecule has 74 heavy (non-hydrogen) atoms. The first kappa shape index (κ1) is 42.9. The van der Waals surface area contributed by atoms with Gasteiger partial charge >= 0.3 is 0 Å². The number of aromatic nitrogens is 5. The van der Waals surface area contributed by atoms with E-state index in [1.54, 1.807) is 0 Å². The van der Waals surface area contributed by atoms with E-state index in [0.717, 1.165) is 83.3 Å². The first-order chi connectivity index (χ1) is 36.7. The summed E-state index contributed by atoms with van der Waals surface area (Å²) in [6.07, 6.45) is 0. The third kappa shape index (κ3) is 7.37. The zero-order chi connectivity index (χ0) is 49.0. The highest BCUT2D eigenvalue weighted by atomic mass is 15.1. The lowest BCUT2D eigenvalue weighted by Crippen LogP contribution is -2.04. The van der Waals surface area contributed by atoms with Crippen molar-refractivity contribution in [3.8, 4) is 90.0 Å². The molecule has 0 spiro atoms. The molecule has 5 nitrogen and oxygen atoms in total. The van der Waals surface area contributed by atoms with Gasteiger partial charge in [0, 0.05) is 43.9 Å². The average Bonchev–Trinajstić information content (AvgIpc) is 4.02. The highest BCUT2D eigenvalue weighted by molar-refractivity contribution is 6.22. The molecule has 0 aliphatic rings. The second-order valence-corrected chi connectivity index (χ2v) is 18.7. The molecule has 0 atom stereocenters. The van der Waals surface area contributed by atoms with Crippen LogP contribution in [0.4, 0.5) is 0 Å². The highest BCUT2D eigenvalue weighted by Crippen LogP contribution is 2.46. The lowest BCUT2D eigenvalue weighted by Gasteiger charge is -2.17. The Kier molecular flexibility index (Phi) is 10.4. The van der Waals surface area contributed by atoms with E-state index in [-0.39, 0.29) is 0 Å². The fraction of sp³-hybridized carbons (Fsp3) is 0. The maximum absolute atomic E-state index is 5.41. The summed E-state index contributed by atoms with van der Waals surface area (Å²) in [5.41, 5.74) is 18.4. The first-order valence-corrected chi connectivity index (χ1v) is 25.1. The smallest absolute Gasteiger partial charge is 0.166 e. The summed E-state index contributed by atoms with van der Waals surface area (Å²) < 4.78 is 4.85. The summed E-state index contributed by atoms with van der Waals surface area (Å²) >= 11 is 0. The van der Waals surface area contributed by atoms with Crippen molar-refractivity contribution in [2.45, 2.75) is 0 Å². The van der Waals surface area contributed by atoms with Crippen LogP contribution < -0.4 is 0 Å². The molecule has 14 aromatic rings. The van der Waals surface area contributed by atoms with Gasteiger partial charge in [-0.15, -0.1) is 0 Å². The van der Waals surface area contributed by atoms with Gasteiger partial charge in [-0.3, -0.25) is 0 Å². The monoisotopic (exact) mass is 943 g/mol. The van der Waals surface area contributed by atoms with Gasteiger partial charge in [-0.1, -0.05) is 218 Å². The molecule has 346 valence electrons. The van der Waals surface area contributed by atoms with E-state index in [4.69, 9.17) is 15.0 Å². The zero-order valence-electron chi connectivity index (χ0n) is 40.2. The van der Waals surface area contributed by atoms with Gasteiger partial charge in [-0.05, 0) is 99.1 Å². The summed E-state index contributed by atoms with van der Waals surface area (Å²) in [7, 11) is 0. The molecule has 0 radical (unpaired) electrons. The van der Waals surface area contributed by atoms with Crippen LogP contribution in [0.1, 0.15) is 0 Å². The van der Waals surface area contributed by atoms with Crippen molar-refractivity contribution in [1.82, 2.24) is 24.1 Å². The van der Waals surface area contributed by atoms with E-state index in [1.807, 2.05) is 24.3 Å². The van der Waals surface area contributed by atoms with Crippen LogP contribution in [0.15, 0.2) is 273 Å². The lowest BCUT2D eigenvalue weighted by atomic mass is 9.95. The fourth-order valence-electron chi connectivity index (χ4n) is 11.0. The Morgan fingerprint density at radius 3 is 1.30 bits per heavy atom. The standard InChI is InChI=1S/C69H45N5/c1-6-21-46(22-7-1)50-29-18-30-53(43-50)68-70-67(49-27-12-4-13-28-49)71-69(72-68)59-42-40-52(48-25-10-3-11-26-48)45-64(59)74-60-36-17-16-33-57(60)65-55(35-20-38-62(65)74)56-34-19-37-61-66(56)58-41-39-51(47-23-8-2-9-24-47)44-63(58)73(61)54-31-14-5-15-32-54/h1-45H. The van der Waals surface area contributed by atoms with E-state index in [2.05, 4.69) is 258 Å². The third-order valence-electron chi connectivity index (χ3n) is 14.4. The van der Waals surface area contributed by atoms with Crippen LogP contribution in [0.3, 0.4) is 0 Å². The number of fused-ring (bicyclic) bond motifs is 6. The molecule has 0 fully saturated rings. The van der Waals surface area contributed by atoms with Gasteiger partial charge in [0.1, 0.15) is 0 Å². The molecule has 5 heteroatoms. The number of hydrogen-bond donors (Lipinski definition) is 0. The zero-order valence-corrected chi connectivity index (χ0v) is 40.2. The highest BCUT2D eigenvalue weighted by Gasteiger charge is 2.24. The van der Waals surface area contributed by atoms with Crippen molar-refractivity contribution in [3.05, 3.63) is 273 Å². The molecule has 14 rings (SSSR count). The Morgan fingerprint density at radius 1 is 0.230 bits per heavy atom. The van der Waals surface area contributed by atoms with E-state index in [1.165, 1.54) is 32.8 Å². The molecule has 3 heterocycles. The minimum Gasteiger partial charge on any atom is -0.309 e. The Labute approximate surface area is 428 Å². The van der Waals surface area contributed by atoms with E-state index in [0.29, 0.717) is 17.5 Å². The van der Waals surface area contributed by atoms with Crippen molar-refractivity contribution in [2.24, 2.45) is 0 Å². The summed E-state index contributed by atoms with van der Waals surface area (Å²) in [5.74, 6) is 1.80. The second kappa shape index (κ2) is 18.0. The Morgan fingerprint density at radius 2 is 0.662 bits per heavy atom. The van der Waals surface area contributed by atoms with Crippen molar-refractivity contribution in [2.75, 3.05) is 0 Å². The molecule has 0 aliphatic carbocycles. The van der Waals surface area contributed by atoms with Gasteiger partial charge < -0.3 is 9.13 Å². The van der Waals surface area contributed by atoms with Gasteiger partial charge in [-0.25, -0.2) is 15.0 Å². The van der Waals surface area contributed by atoms with Crippen LogP contribution >= 0.6 is 0 Å². The fourth-order valence-corrected chi connectivity index (χ4v) is 11.0. The van der Waals surface area contributed by atoms with Crippen LogP contribution in [0.25, 0.3) is 134 Å². The number of benzene rings is 11. The predicted octanol–water partition coefficient (Wildman–Crippen LogP) is 17.7. The molecular formula is C69H45N5. The van der Waals surface area contributed by atoms with Crippen LogP contribution in [0.2, 0.25) is 0 Å². The van der Waals surface area contributed by atoms with Crippen LogP contribution in [0, 0.1) is 0 Å². The van der Waals surface area contributed by atoms with Crippen molar-refractivity contribution >= 4 is 43.6 Å². The molecule has 0 amide bonds. The summed E-state index contributed by atoms with van der Waals surface area (Å²) in [4.78, 5) is 16.0. The third-order valence-corrected chi connectivity index (χ3v) is 14.4. The molecule has 11 aromatic carbocycles. The predicted molar refractivity (Wildman–Crippen MR) is 307 cm³/mol. The SMILES string of the molecule is c1ccc(-c2cccc(-c3nc(-c4ccccc4)nc(-c4ccc(-c5ccccc5)cc4-n4c5ccccc5c5c(-c6cccc7c6c6ccc(-c8ccccc8)cc6n7-c6ccccc6)cccc54)n3)c2)cc1. The van der Waals surface area contributed by atoms with Gasteiger partial charge in [-0.2, -0.15) is 0 Å². The largest absolute Gasteiger partial charge is 0.309 e. The maximum atomic E-state index is 5.41. The number of rotatable bonds is 9. The van der Waals surface area contributed by atoms with E-state index < -0.39 is 0 Å². The van der Waals surface area contributed by atoms with Gasteiger partial charge in [0.25, 0.3) is 0 Å². The van der Waals surface area contributed by atoms with Gasteiger partial charge in [0.05, 0.1) is 27.8 Å². The Bertz CT molecular complexity index is 4390. The van der Waals surface area contributed by atoms with Gasteiger partial charge in [0.2, 0.25) is 0 Å². The van der Waals surface area contributed by atoms with Crippen LogP contribution in [-0.2, 0) is 0 Å². The van der Waals surface area contributed by atoms with Gasteiger partial charge in [0.15, 0.2) is 17.5 Å². The average molecular weight is 944 g/mol. The number of nitrogens with zero attached hydrogens (tertiary/aromatic N) is 5. The topological polar surface area (TPSA) is 48.5 Å². The molecule has 3 aromatic heterocycles. The minimum atomic E-state index is 0.587.